The third-order valence-electron chi connectivity index (χ3n) is 5.03. The lowest BCUT2D eigenvalue weighted by molar-refractivity contribution is -0.121. The molecule has 0 aromatic heterocycles. The van der Waals surface area contributed by atoms with Crippen molar-refractivity contribution in [2.24, 2.45) is 10.2 Å². The van der Waals surface area contributed by atoms with Crippen LogP contribution in [-0.2, 0) is 4.79 Å². The molecule has 0 bridgehead atoms. The molecule has 7 nitrogen and oxygen atoms in total. The summed E-state index contributed by atoms with van der Waals surface area (Å²) in [4.78, 5) is 15.9. The Morgan fingerprint density at radius 1 is 1.45 bits per heavy atom. The highest BCUT2D eigenvalue weighted by atomic mass is 79.9. The van der Waals surface area contributed by atoms with Crippen LogP contribution in [0.1, 0.15) is 6.42 Å². The first-order chi connectivity index (χ1) is 13.8. The van der Waals surface area contributed by atoms with Gasteiger partial charge in [0.1, 0.15) is 5.71 Å². The molecule has 0 radical (unpaired) electrons. The van der Waals surface area contributed by atoms with Crippen LogP contribution in [0, 0.1) is 0 Å². The smallest absolute Gasteiger partial charge is 0.273 e. The molecular formula is C21H27BrN6O. The fraction of sp³-hybridized carbons (Fsp3) is 0.381. The van der Waals surface area contributed by atoms with Gasteiger partial charge in [-0.15, -0.1) is 0 Å². The van der Waals surface area contributed by atoms with E-state index in [9.17, 15) is 4.79 Å². The molecule has 29 heavy (non-hydrogen) atoms. The highest BCUT2D eigenvalue weighted by Gasteiger charge is 2.22. The summed E-state index contributed by atoms with van der Waals surface area (Å²) in [7, 11) is 5.40. The zero-order valence-corrected chi connectivity index (χ0v) is 18.7. The van der Waals surface area contributed by atoms with Crippen molar-refractivity contribution in [2.75, 3.05) is 40.8 Å². The van der Waals surface area contributed by atoms with Crippen LogP contribution in [-0.4, -0.2) is 79.5 Å². The molecule has 1 N–H and O–H groups in total. The van der Waals surface area contributed by atoms with Gasteiger partial charge in [-0.3, -0.25) is 20.1 Å². The molecule has 3 aliphatic rings. The van der Waals surface area contributed by atoms with Crippen LogP contribution in [0.2, 0.25) is 0 Å². The van der Waals surface area contributed by atoms with Gasteiger partial charge in [0.05, 0.1) is 11.7 Å². The molecule has 0 spiro atoms. The molecule has 3 aliphatic heterocycles. The van der Waals surface area contributed by atoms with Gasteiger partial charge in [0.2, 0.25) is 0 Å². The number of hydrogen-bond donors (Lipinski definition) is 1. The maximum absolute atomic E-state index is 12.0. The van der Waals surface area contributed by atoms with Gasteiger partial charge < -0.3 is 4.90 Å². The number of likely N-dealkylation sites (N-methyl/N-ethyl adjacent to an activating group) is 1. The number of allylic oxidation sites excluding steroid dienone is 4. The first-order valence-corrected chi connectivity index (χ1v) is 10.3. The number of hydrazone groups is 2. The van der Waals surface area contributed by atoms with Crippen molar-refractivity contribution in [1.82, 2.24) is 20.2 Å². The molecule has 1 amide bonds. The molecule has 3 heterocycles. The second-order valence-electron chi connectivity index (χ2n) is 7.39. The zero-order valence-electron chi connectivity index (χ0n) is 17.1. The standard InChI is InChI=1S/C21H27BrN6O/c1-15-13-17(27(4)23-10-7-18(15)22)14-28-11-8-16(9-12-28)19-5-6-20(25-24-19)21(29)26(2)3/h5-8,10,13,19,24H,1,9,11-12,14H2,2-4H3/b17-13-,18-7+,23-10-. The molecule has 0 saturated carbocycles. The molecule has 1 unspecified atom stereocenters. The van der Waals surface area contributed by atoms with Crippen LogP contribution in [0.25, 0.3) is 0 Å². The molecule has 8 heteroatoms. The fourth-order valence-corrected chi connectivity index (χ4v) is 3.47. The van der Waals surface area contributed by atoms with Gasteiger partial charge in [-0.25, -0.2) is 0 Å². The molecule has 1 atom stereocenters. The van der Waals surface area contributed by atoms with Crippen molar-refractivity contribution in [3.8, 4) is 0 Å². The zero-order chi connectivity index (χ0) is 21.0. The number of hydrogen-bond acceptors (Lipinski definition) is 6. The Bertz CT molecular complexity index is 864. The maximum Gasteiger partial charge on any atom is 0.273 e. The van der Waals surface area contributed by atoms with Gasteiger partial charge in [0.15, 0.2) is 0 Å². The monoisotopic (exact) mass is 458 g/mol. The average molecular weight is 459 g/mol. The number of carbonyl (C=O) groups excluding carboxylic acids is 1. The molecule has 0 saturated heterocycles. The number of rotatable bonds is 4. The fourth-order valence-electron chi connectivity index (χ4n) is 3.23. The molecule has 0 aromatic rings. The third-order valence-corrected chi connectivity index (χ3v) is 5.81. The van der Waals surface area contributed by atoms with Crippen molar-refractivity contribution in [1.29, 1.82) is 0 Å². The summed E-state index contributed by atoms with van der Waals surface area (Å²) in [5.74, 6) is -0.0988. The van der Waals surface area contributed by atoms with E-state index in [0.717, 1.165) is 41.8 Å². The Morgan fingerprint density at radius 3 is 2.86 bits per heavy atom. The van der Waals surface area contributed by atoms with Crippen LogP contribution in [0.3, 0.4) is 0 Å². The van der Waals surface area contributed by atoms with E-state index in [0.29, 0.717) is 5.71 Å². The Labute approximate surface area is 180 Å². The van der Waals surface area contributed by atoms with Crippen molar-refractivity contribution in [3.05, 3.63) is 58.3 Å². The highest BCUT2D eigenvalue weighted by Crippen LogP contribution is 2.23. The van der Waals surface area contributed by atoms with Crippen LogP contribution in [0.15, 0.2) is 68.5 Å². The quantitative estimate of drug-likeness (QED) is 0.656. The summed E-state index contributed by atoms with van der Waals surface area (Å²) in [6.07, 6.45) is 12.7. The van der Waals surface area contributed by atoms with E-state index in [1.54, 1.807) is 26.4 Å². The van der Waals surface area contributed by atoms with Gasteiger partial charge >= 0.3 is 0 Å². The number of carbonyl (C=O) groups is 1. The van der Waals surface area contributed by atoms with Gasteiger partial charge in [0, 0.05) is 51.5 Å². The van der Waals surface area contributed by atoms with Gasteiger partial charge in [-0.1, -0.05) is 34.7 Å². The number of nitrogens with one attached hydrogen (secondary N) is 1. The summed E-state index contributed by atoms with van der Waals surface area (Å²) < 4.78 is 0.940. The largest absolute Gasteiger partial charge is 0.343 e. The van der Waals surface area contributed by atoms with Crippen LogP contribution in [0.5, 0.6) is 0 Å². The number of nitrogens with zero attached hydrogens (tertiary/aromatic N) is 5. The Hall–Kier alpha value is -2.45. The van der Waals surface area contributed by atoms with E-state index >= 15 is 0 Å². The minimum absolute atomic E-state index is 0.0459. The molecule has 0 aromatic carbocycles. The van der Waals surface area contributed by atoms with Crippen molar-refractivity contribution >= 4 is 33.8 Å². The SMILES string of the molecule is C=C1/C=C(/CN2CC=C(C3C=CC(C(=O)N(C)C)=NN3)CC2)N(C)/N=C\C=C/1Br. The minimum Gasteiger partial charge on any atom is -0.343 e. The van der Waals surface area contributed by atoms with Crippen molar-refractivity contribution < 1.29 is 4.79 Å². The topological polar surface area (TPSA) is 63.5 Å². The second-order valence-corrected chi connectivity index (χ2v) is 8.24. The summed E-state index contributed by atoms with van der Waals surface area (Å²) in [6, 6.07) is 0.0459. The first kappa shape index (κ1) is 21.3. The Kier molecular flexibility index (Phi) is 6.87. The predicted octanol–water partition coefficient (Wildman–Crippen LogP) is 2.24. The predicted molar refractivity (Wildman–Crippen MR) is 122 cm³/mol. The van der Waals surface area contributed by atoms with Crippen LogP contribution < -0.4 is 5.43 Å². The molecule has 3 rings (SSSR count). The van der Waals surface area contributed by atoms with Crippen LogP contribution in [0.4, 0.5) is 0 Å². The number of halogens is 1. The molecular weight excluding hydrogens is 432 g/mol. The highest BCUT2D eigenvalue weighted by molar-refractivity contribution is 9.12. The molecule has 0 fully saturated rings. The lowest BCUT2D eigenvalue weighted by Crippen LogP contribution is -2.39. The summed E-state index contributed by atoms with van der Waals surface area (Å²) in [5, 5.41) is 10.6. The molecule has 154 valence electrons. The van der Waals surface area contributed by atoms with E-state index < -0.39 is 0 Å². The first-order valence-electron chi connectivity index (χ1n) is 9.53. The number of amides is 1. The summed E-state index contributed by atoms with van der Waals surface area (Å²) in [6.45, 7) is 6.71. The maximum atomic E-state index is 12.0. The third kappa shape index (κ3) is 5.33. The van der Waals surface area contributed by atoms with Gasteiger partial charge in [0.25, 0.3) is 5.91 Å². The summed E-state index contributed by atoms with van der Waals surface area (Å²) in [5.41, 5.74) is 6.87. The van der Waals surface area contributed by atoms with E-state index in [2.05, 4.69) is 55.2 Å². The lowest BCUT2D eigenvalue weighted by atomic mass is 9.98. The van der Waals surface area contributed by atoms with E-state index in [1.165, 1.54) is 10.5 Å². The van der Waals surface area contributed by atoms with Crippen molar-refractivity contribution in [3.63, 3.8) is 0 Å². The van der Waals surface area contributed by atoms with Gasteiger partial charge in [-0.2, -0.15) is 10.2 Å². The Balaban J connectivity index is 1.60. The van der Waals surface area contributed by atoms with Crippen molar-refractivity contribution in [2.45, 2.75) is 12.5 Å². The Morgan fingerprint density at radius 2 is 2.24 bits per heavy atom. The minimum atomic E-state index is -0.0988. The summed E-state index contributed by atoms with van der Waals surface area (Å²) >= 11 is 3.52. The van der Waals surface area contributed by atoms with E-state index in [4.69, 9.17) is 0 Å². The van der Waals surface area contributed by atoms with Crippen LogP contribution >= 0.6 is 15.9 Å². The lowest BCUT2D eigenvalue weighted by Gasteiger charge is -2.31. The second kappa shape index (κ2) is 9.37. The van der Waals surface area contributed by atoms with E-state index in [1.807, 2.05) is 24.2 Å². The van der Waals surface area contributed by atoms with Gasteiger partial charge in [-0.05, 0) is 35.8 Å². The average Bonchev–Trinajstić information content (AvgIpc) is 2.72. The normalized spacial score (nSPS) is 27.4. The molecule has 0 aliphatic carbocycles. The van der Waals surface area contributed by atoms with E-state index in [-0.39, 0.29) is 11.9 Å².